The van der Waals surface area contributed by atoms with E-state index in [1.165, 1.54) is 0 Å². The van der Waals surface area contributed by atoms with Crippen LogP contribution in [-0.4, -0.2) is 94.3 Å². The van der Waals surface area contributed by atoms with Crippen LogP contribution >= 0.6 is 0 Å². The summed E-state index contributed by atoms with van der Waals surface area (Å²) in [7, 11) is 3.55. The average molecular weight is 503 g/mol. The molecule has 4 heterocycles. The fourth-order valence-corrected chi connectivity index (χ4v) is 4.72. The number of rotatable bonds is 7. The molecular formula is C27H34N8O2. The number of amides is 2. The molecule has 3 aromatic rings. The van der Waals surface area contributed by atoms with E-state index in [0.29, 0.717) is 50.2 Å². The number of likely N-dealkylation sites (N-methyl/N-ethyl adjacent to an activating group) is 1. The van der Waals surface area contributed by atoms with Gasteiger partial charge in [-0.1, -0.05) is 18.2 Å². The lowest BCUT2D eigenvalue weighted by Crippen LogP contribution is -2.49. The summed E-state index contributed by atoms with van der Waals surface area (Å²) >= 11 is 0. The molecule has 0 unspecified atom stereocenters. The van der Waals surface area contributed by atoms with Crippen molar-refractivity contribution in [2.24, 2.45) is 0 Å². The second-order valence-corrected chi connectivity index (χ2v) is 10.2. The Morgan fingerprint density at radius 2 is 1.86 bits per heavy atom. The Morgan fingerprint density at radius 1 is 1.11 bits per heavy atom. The van der Waals surface area contributed by atoms with Gasteiger partial charge in [-0.2, -0.15) is 4.98 Å². The third-order valence-corrected chi connectivity index (χ3v) is 7.03. The van der Waals surface area contributed by atoms with Gasteiger partial charge in [-0.05, 0) is 31.5 Å². The van der Waals surface area contributed by atoms with E-state index in [9.17, 15) is 9.59 Å². The largest absolute Gasteiger partial charge is 0.365 e. The van der Waals surface area contributed by atoms with Crippen LogP contribution < -0.4 is 10.2 Å². The molecule has 5 rings (SSSR count). The fraction of sp³-hybridized carbons (Fsp3) is 0.444. The van der Waals surface area contributed by atoms with Gasteiger partial charge in [0, 0.05) is 70.0 Å². The molecule has 0 bridgehead atoms. The van der Waals surface area contributed by atoms with Crippen LogP contribution in [0.1, 0.15) is 35.5 Å². The molecule has 2 amide bonds. The average Bonchev–Trinajstić information content (AvgIpc) is 3.24. The van der Waals surface area contributed by atoms with E-state index in [1.807, 2.05) is 43.1 Å². The third kappa shape index (κ3) is 5.20. The number of para-hydroxylation sites is 1. The van der Waals surface area contributed by atoms with Crippen molar-refractivity contribution in [2.45, 2.75) is 33.0 Å². The van der Waals surface area contributed by atoms with Crippen LogP contribution in [0.2, 0.25) is 0 Å². The van der Waals surface area contributed by atoms with Crippen molar-refractivity contribution in [3.63, 3.8) is 0 Å². The molecule has 1 saturated heterocycles. The Balaban J connectivity index is 1.37. The number of pyridine rings is 1. The van der Waals surface area contributed by atoms with Crippen LogP contribution in [0.4, 0.5) is 11.8 Å². The van der Waals surface area contributed by atoms with Crippen molar-refractivity contribution in [3.8, 4) is 0 Å². The summed E-state index contributed by atoms with van der Waals surface area (Å²) in [5, 5.41) is 4.56. The molecule has 0 spiro atoms. The number of fused-ring (bicyclic) bond motifs is 2. The van der Waals surface area contributed by atoms with Crippen LogP contribution in [0.3, 0.4) is 0 Å². The number of hydrogen-bond acceptors (Lipinski definition) is 8. The maximum Gasteiger partial charge on any atom is 0.273 e. The summed E-state index contributed by atoms with van der Waals surface area (Å²) in [5.41, 5.74) is 3.31. The molecule has 194 valence electrons. The van der Waals surface area contributed by atoms with Crippen LogP contribution in [-0.2, 0) is 17.9 Å². The van der Waals surface area contributed by atoms with E-state index in [0.717, 1.165) is 35.1 Å². The number of carbonyl (C=O) groups is 2. The van der Waals surface area contributed by atoms with E-state index in [2.05, 4.69) is 32.2 Å². The Labute approximate surface area is 217 Å². The van der Waals surface area contributed by atoms with Gasteiger partial charge in [0.15, 0.2) is 0 Å². The van der Waals surface area contributed by atoms with Crippen molar-refractivity contribution in [1.29, 1.82) is 0 Å². The van der Waals surface area contributed by atoms with E-state index in [4.69, 9.17) is 9.97 Å². The van der Waals surface area contributed by atoms with Gasteiger partial charge in [0.2, 0.25) is 11.9 Å². The predicted molar refractivity (Wildman–Crippen MR) is 143 cm³/mol. The van der Waals surface area contributed by atoms with E-state index in [1.54, 1.807) is 19.0 Å². The molecule has 10 heteroatoms. The van der Waals surface area contributed by atoms with Crippen LogP contribution in [0.15, 0.2) is 36.5 Å². The lowest BCUT2D eigenvalue weighted by Gasteiger charge is -2.35. The molecular weight excluding hydrogens is 468 g/mol. The highest BCUT2D eigenvalue weighted by molar-refractivity contribution is 5.98. The number of nitrogens with one attached hydrogen (secondary N) is 1. The monoisotopic (exact) mass is 502 g/mol. The fourth-order valence-electron chi connectivity index (χ4n) is 4.72. The molecule has 10 nitrogen and oxygen atoms in total. The lowest BCUT2D eigenvalue weighted by atomic mass is 10.1. The quantitative estimate of drug-likeness (QED) is 0.525. The second kappa shape index (κ2) is 10.3. The molecule has 1 N–H and O–H groups in total. The van der Waals surface area contributed by atoms with Gasteiger partial charge in [0.05, 0.1) is 18.6 Å². The molecule has 2 aliphatic rings. The van der Waals surface area contributed by atoms with Gasteiger partial charge >= 0.3 is 0 Å². The molecule has 0 aliphatic carbocycles. The normalized spacial score (nSPS) is 16.0. The van der Waals surface area contributed by atoms with Crippen LogP contribution in [0.5, 0.6) is 0 Å². The number of nitrogens with zero attached hydrogens (tertiary/aromatic N) is 7. The first kappa shape index (κ1) is 24.9. The maximum absolute atomic E-state index is 13.2. The van der Waals surface area contributed by atoms with Gasteiger partial charge in [-0.15, -0.1) is 0 Å². The smallest absolute Gasteiger partial charge is 0.273 e. The number of hydrogen-bond donors (Lipinski definition) is 1. The Morgan fingerprint density at radius 3 is 2.59 bits per heavy atom. The van der Waals surface area contributed by atoms with Gasteiger partial charge in [-0.25, -0.2) is 4.98 Å². The highest BCUT2D eigenvalue weighted by Gasteiger charge is 2.35. The first-order valence-electron chi connectivity index (χ1n) is 12.8. The minimum atomic E-state index is -0.0562. The summed E-state index contributed by atoms with van der Waals surface area (Å²) in [6.45, 7) is 8.31. The molecule has 0 saturated carbocycles. The van der Waals surface area contributed by atoms with Crippen molar-refractivity contribution < 1.29 is 9.59 Å². The zero-order chi connectivity index (χ0) is 26.1. The first-order valence-corrected chi connectivity index (χ1v) is 12.8. The van der Waals surface area contributed by atoms with Crippen molar-refractivity contribution in [2.75, 3.05) is 57.0 Å². The van der Waals surface area contributed by atoms with Crippen LogP contribution in [0.25, 0.3) is 10.9 Å². The molecule has 0 atom stereocenters. The number of anilines is 2. The maximum atomic E-state index is 13.2. The lowest BCUT2D eigenvalue weighted by molar-refractivity contribution is -0.129. The van der Waals surface area contributed by atoms with Crippen molar-refractivity contribution >= 4 is 34.5 Å². The van der Waals surface area contributed by atoms with Gasteiger partial charge in [-0.3, -0.25) is 19.5 Å². The zero-order valence-electron chi connectivity index (χ0n) is 21.9. The molecule has 2 aliphatic heterocycles. The highest BCUT2D eigenvalue weighted by Crippen LogP contribution is 2.31. The standard InChI is InChI=1S/C27H34N8O2/c1-18(2)35-16-21-24(26(35)37)30-27(34-11-9-33(10-12-34)17-23(36)32(3)4)31-25(21)29-15-19-13-20-7-5-6-8-22(20)28-14-19/h5-8,13-14,18H,9-12,15-17H2,1-4H3,(H,29,30,31). The topological polar surface area (TPSA) is 97.8 Å². The van der Waals surface area contributed by atoms with E-state index >= 15 is 0 Å². The second-order valence-electron chi connectivity index (χ2n) is 10.2. The minimum Gasteiger partial charge on any atom is -0.365 e. The number of piperazine rings is 1. The summed E-state index contributed by atoms with van der Waals surface area (Å²) in [6, 6.07) is 10.2. The molecule has 0 radical (unpaired) electrons. The highest BCUT2D eigenvalue weighted by atomic mass is 16.2. The van der Waals surface area contributed by atoms with E-state index in [-0.39, 0.29) is 17.9 Å². The zero-order valence-corrected chi connectivity index (χ0v) is 21.9. The number of carbonyl (C=O) groups excluding carboxylic acids is 2. The summed E-state index contributed by atoms with van der Waals surface area (Å²) < 4.78 is 0. The third-order valence-electron chi connectivity index (χ3n) is 7.03. The molecule has 1 fully saturated rings. The number of aromatic nitrogens is 3. The Hall–Kier alpha value is -3.79. The summed E-state index contributed by atoms with van der Waals surface area (Å²) in [6.07, 6.45) is 1.87. The summed E-state index contributed by atoms with van der Waals surface area (Å²) in [4.78, 5) is 47.2. The van der Waals surface area contributed by atoms with Gasteiger partial charge < -0.3 is 20.0 Å². The molecule has 1 aromatic carbocycles. The minimum absolute atomic E-state index is 0.0562. The van der Waals surface area contributed by atoms with Crippen LogP contribution in [0, 0.1) is 0 Å². The van der Waals surface area contributed by atoms with Crippen molar-refractivity contribution in [3.05, 3.63) is 53.3 Å². The SMILES string of the molecule is CC(C)N1Cc2c(NCc3cnc4ccccc4c3)nc(N3CCN(CC(=O)N(C)C)CC3)nc2C1=O. The van der Waals surface area contributed by atoms with Crippen molar-refractivity contribution in [1.82, 2.24) is 29.7 Å². The van der Waals surface area contributed by atoms with Gasteiger partial charge in [0.1, 0.15) is 11.5 Å². The Bertz CT molecular complexity index is 1320. The molecule has 2 aromatic heterocycles. The Kier molecular flexibility index (Phi) is 6.92. The first-order chi connectivity index (χ1) is 17.8. The summed E-state index contributed by atoms with van der Waals surface area (Å²) in [5.74, 6) is 1.28. The van der Waals surface area contributed by atoms with E-state index < -0.39 is 0 Å². The predicted octanol–water partition coefficient (Wildman–Crippen LogP) is 2.21. The van der Waals surface area contributed by atoms with Gasteiger partial charge in [0.25, 0.3) is 5.91 Å². The molecule has 37 heavy (non-hydrogen) atoms. The number of benzene rings is 1.